The Labute approximate surface area is 153 Å². The molecular weight excluding hydrogens is 352 g/mol. The van der Waals surface area contributed by atoms with Gasteiger partial charge in [0.1, 0.15) is 5.25 Å². The van der Waals surface area contributed by atoms with Crippen molar-refractivity contribution in [3.05, 3.63) is 65.2 Å². The lowest BCUT2D eigenvalue weighted by atomic mass is 10.1. The predicted octanol–water partition coefficient (Wildman–Crippen LogP) is 1.99. The lowest BCUT2D eigenvalue weighted by Crippen LogP contribution is -2.32. The number of rotatable bonds is 7. The van der Waals surface area contributed by atoms with Crippen LogP contribution < -0.4 is 5.73 Å². The molecule has 0 bridgehead atoms. The molecule has 1 aliphatic rings. The van der Waals surface area contributed by atoms with E-state index in [0.717, 1.165) is 12.8 Å². The van der Waals surface area contributed by atoms with Crippen molar-refractivity contribution < 1.29 is 18.4 Å². The molecule has 3 rings (SSSR count). The van der Waals surface area contributed by atoms with Gasteiger partial charge in [0.15, 0.2) is 9.84 Å². The summed E-state index contributed by atoms with van der Waals surface area (Å²) in [5.41, 5.74) is 9.06. The number of sulfone groups is 1. The summed E-state index contributed by atoms with van der Waals surface area (Å²) in [5, 5.41) is 8.94. The van der Waals surface area contributed by atoms with Gasteiger partial charge < -0.3 is 5.73 Å². The molecule has 3 N–H and O–H groups in total. The number of carbonyl (C=O) groups is 1. The molecule has 1 aliphatic carbocycles. The van der Waals surface area contributed by atoms with Gasteiger partial charge in [0.2, 0.25) is 6.41 Å². The number of nitrogens with zero attached hydrogens (tertiary/aromatic N) is 1. The maximum atomic E-state index is 13.1. The number of amides is 1. The van der Waals surface area contributed by atoms with E-state index in [0.29, 0.717) is 16.3 Å². The summed E-state index contributed by atoms with van der Waals surface area (Å²) < 4.78 is 26.2. The van der Waals surface area contributed by atoms with Crippen molar-refractivity contribution in [3.8, 4) is 0 Å². The Morgan fingerprint density at radius 3 is 2.38 bits per heavy atom. The van der Waals surface area contributed by atoms with E-state index in [-0.39, 0.29) is 24.6 Å². The zero-order valence-electron chi connectivity index (χ0n) is 14.3. The zero-order valence-corrected chi connectivity index (χ0v) is 15.1. The first-order valence-corrected chi connectivity index (χ1v) is 10.1. The van der Waals surface area contributed by atoms with Crippen LogP contribution in [0.4, 0.5) is 5.69 Å². The Bertz CT molecular complexity index is 873. The largest absolute Gasteiger partial charge is 0.399 e. The lowest BCUT2D eigenvalue weighted by molar-refractivity contribution is -0.149. The van der Waals surface area contributed by atoms with E-state index in [4.69, 9.17) is 5.73 Å². The van der Waals surface area contributed by atoms with Crippen LogP contribution in [0.25, 0.3) is 0 Å². The fraction of sp³-hybridized carbons (Fsp3) is 0.316. The van der Waals surface area contributed by atoms with Gasteiger partial charge in [-0.3, -0.25) is 10.0 Å². The van der Waals surface area contributed by atoms with E-state index in [1.54, 1.807) is 24.3 Å². The Hall–Kier alpha value is -2.38. The zero-order chi connectivity index (χ0) is 18.7. The highest BCUT2D eigenvalue weighted by Gasteiger charge is 2.33. The smallest absolute Gasteiger partial charge is 0.233 e. The number of hydrogen-bond donors (Lipinski definition) is 2. The van der Waals surface area contributed by atoms with Gasteiger partial charge in [0.25, 0.3) is 0 Å². The van der Waals surface area contributed by atoms with Crippen LogP contribution in [0.15, 0.2) is 48.5 Å². The number of benzene rings is 2. The Balaban J connectivity index is 1.84. The van der Waals surface area contributed by atoms with E-state index in [1.807, 2.05) is 24.3 Å². The van der Waals surface area contributed by atoms with Crippen molar-refractivity contribution in [2.24, 2.45) is 5.92 Å². The third-order valence-corrected chi connectivity index (χ3v) is 7.02. The molecule has 1 amide bonds. The quantitative estimate of drug-likeness (QED) is 0.334. The number of hydrogen-bond acceptors (Lipinski definition) is 5. The minimum absolute atomic E-state index is 0.00611. The van der Waals surface area contributed by atoms with Gasteiger partial charge >= 0.3 is 0 Å². The molecule has 138 valence electrons. The second kappa shape index (κ2) is 7.47. The summed E-state index contributed by atoms with van der Waals surface area (Å²) in [4.78, 5) is 10.8. The van der Waals surface area contributed by atoms with Crippen LogP contribution in [-0.4, -0.2) is 37.4 Å². The molecular formula is C19H22N2O4S. The molecule has 7 heteroatoms. The number of hydroxylamine groups is 2. The normalized spacial score (nSPS) is 15.4. The fourth-order valence-corrected chi connectivity index (χ4v) is 5.68. The molecule has 26 heavy (non-hydrogen) atoms. The van der Waals surface area contributed by atoms with Gasteiger partial charge in [0.05, 0.1) is 12.3 Å². The van der Waals surface area contributed by atoms with Crippen molar-refractivity contribution in [2.45, 2.75) is 18.1 Å². The average Bonchev–Trinajstić information content (AvgIpc) is 3.00. The third-order valence-electron chi connectivity index (χ3n) is 4.79. The van der Waals surface area contributed by atoms with Crippen LogP contribution in [0.1, 0.15) is 21.9 Å². The molecule has 0 spiro atoms. The van der Waals surface area contributed by atoms with E-state index in [1.165, 1.54) is 11.1 Å². The van der Waals surface area contributed by atoms with Crippen LogP contribution in [0.3, 0.4) is 0 Å². The Morgan fingerprint density at radius 1 is 1.15 bits per heavy atom. The fourth-order valence-electron chi connectivity index (χ4n) is 3.61. The van der Waals surface area contributed by atoms with Crippen LogP contribution in [-0.2, 0) is 27.5 Å². The average molecular weight is 374 g/mol. The molecule has 6 nitrogen and oxygen atoms in total. The van der Waals surface area contributed by atoms with Crippen molar-refractivity contribution in [1.29, 1.82) is 0 Å². The van der Waals surface area contributed by atoms with Gasteiger partial charge in [-0.05, 0) is 47.6 Å². The predicted molar refractivity (Wildman–Crippen MR) is 99.3 cm³/mol. The summed E-state index contributed by atoms with van der Waals surface area (Å²) in [6.45, 7) is -0.324. The third kappa shape index (κ3) is 4.05. The highest BCUT2D eigenvalue weighted by molar-refractivity contribution is 7.91. The van der Waals surface area contributed by atoms with Gasteiger partial charge in [-0.1, -0.05) is 36.4 Å². The number of nitrogens with two attached hydrogens (primary N) is 1. The maximum Gasteiger partial charge on any atom is 0.233 e. The highest BCUT2D eigenvalue weighted by atomic mass is 32.2. The second-order valence-electron chi connectivity index (χ2n) is 6.76. The van der Waals surface area contributed by atoms with Gasteiger partial charge in [-0.15, -0.1) is 0 Å². The van der Waals surface area contributed by atoms with Crippen molar-refractivity contribution in [3.63, 3.8) is 0 Å². The summed E-state index contributed by atoms with van der Waals surface area (Å²) in [6.07, 6.45) is 1.64. The molecule has 0 heterocycles. The van der Waals surface area contributed by atoms with Crippen molar-refractivity contribution in [1.82, 2.24) is 5.06 Å². The monoisotopic (exact) mass is 374 g/mol. The molecule has 0 radical (unpaired) electrons. The highest BCUT2D eigenvalue weighted by Crippen LogP contribution is 2.32. The van der Waals surface area contributed by atoms with Crippen molar-refractivity contribution >= 4 is 21.9 Å². The number of fused-ring (bicyclic) bond motifs is 1. The molecule has 2 aromatic carbocycles. The molecule has 1 atom stereocenters. The first-order valence-electron chi connectivity index (χ1n) is 8.43. The number of anilines is 1. The maximum absolute atomic E-state index is 13.1. The molecule has 2 aromatic rings. The molecule has 0 aromatic heterocycles. The van der Waals surface area contributed by atoms with E-state index in [9.17, 15) is 18.4 Å². The molecule has 0 fully saturated rings. The van der Waals surface area contributed by atoms with Crippen LogP contribution in [0.5, 0.6) is 0 Å². The van der Waals surface area contributed by atoms with Crippen LogP contribution in [0.2, 0.25) is 0 Å². The van der Waals surface area contributed by atoms with E-state index in [2.05, 4.69) is 0 Å². The summed E-state index contributed by atoms with van der Waals surface area (Å²) >= 11 is 0. The molecule has 0 saturated carbocycles. The first kappa shape index (κ1) is 18.4. The SMILES string of the molecule is Nc1cccc(C(CN(O)C=O)S(=O)(=O)CC2Cc3ccccc3C2)c1. The number of carbonyl (C=O) groups excluding carboxylic acids is 1. The van der Waals surface area contributed by atoms with Gasteiger partial charge in [0, 0.05) is 5.69 Å². The lowest BCUT2D eigenvalue weighted by Gasteiger charge is -2.22. The van der Waals surface area contributed by atoms with Crippen molar-refractivity contribution in [2.75, 3.05) is 18.0 Å². The van der Waals surface area contributed by atoms with E-state index >= 15 is 0 Å². The Morgan fingerprint density at radius 2 is 1.81 bits per heavy atom. The van der Waals surface area contributed by atoms with Crippen LogP contribution in [0, 0.1) is 5.92 Å². The standard InChI is InChI=1S/C19H22N2O4S/c20-18-7-3-6-17(10-18)19(11-21(23)13-22)26(24,25)12-14-8-15-4-1-2-5-16(15)9-14/h1-7,10,13-14,19,23H,8-9,11-12,20H2. The first-order chi connectivity index (χ1) is 12.4. The minimum atomic E-state index is -3.61. The Kier molecular flexibility index (Phi) is 5.29. The van der Waals surface area contributed by atoms with Gasteiger partial charge in [-0.2, -0.15) is 0 Å². The summed E-state index contributed by atoms with van der Waals surface area (Å²) in [5.74, 6) is -0.0160. The van der Waals surface area contributed by atoms with E-state index < -0.39 is 15.1 Å². The van der Waals surface area contributed by atoms with Gasteiger partial charge in [-0.25, -0.2) is 13.5 Å². The summed E-state index contributed by atoms with van der Waals surface area (Å²) in [7, 11) is -3.61. The summed E-state index contributed by atoms with van der Waals surface area (Å²) in [6, 6.07) is 14.5. The van der Waals surface area contributed by atoms with Crippen LogP contribution >= 0.6 is 0 Å². The molecule has 0 aliphatic heterocycles. The topological polar surface area (TPSA) is 101 Å². The molecule has 1 unspecified atom stereocenters. The molecule has 0 saturated heterocycles. The second-order valence-corrected chi connectivity index (χ2v) is 8.99. The number of nitrogen functional groups attached to an aromatic ring is 1. The minimum Gasteiger partial charge on any atom is -0.399 e.